The third-order valence-electron chi connectivity index (χ3n) is 10.3. The van der Waals surface area contributed by atoms with Crippen molar-refractivity contribution < 1.29 is 0 Å². The minimum absolute atomic E-state index is 0.335. The molecule has 2 saturated carbocycles. The number of imidazole rings is 2. The summed E-state index contributed by atoms with van der Waals surface area (Å²) in [5.41, 5.74) is 9.08. The maximum atomic E-state index is 4.81. The van der Waals surface area contributed by atoms with Crippen LogP contribution in [0.1, 0.15) is 147 Å². The SMILES string of the molecule is CCCC(NC)c1ncc(C2CCC(c3ccc(-c4cnc([C@@H]5CCCN5)[nH]4)c4c3C3CCC4C3)CC2)[nH]1. The normalized spacial score (nSPS) is 29.2. The van der Waals surface area contributed by atoms with Crippen LogP contribution in [0.15, 0.2) is 24.5 Å². The van der Waals surface area contributed by atoms with Crippen LogP contribution in [0, 0.1) is 0 Å². The van der Waals surface area contributed by atoms with Crippen molar-refractivity contribution in [2.75, 3.05) is 13.6 Å². The average Bonchev–Trinajstić information content (AvgIpc) is 3.79. The lowest BCUT2D eigenvalue weighted by Gasteiger charge is -2.32. The lowest BCUT2D eigenvalue weighted by molar-refractivity contribution is 0.388. The van der Waals surface area contributed by atoms with Crippen molar-refractivity contribution in [2.24, 2.45) is 0 Å². The first-order valence-corrected chi connectivity index (χ1v) is 15.4. The molecule has 0 radical (unpaired) electrons. The van der Waals surface area contributed by atoms with Crippen LogP contribution in [-0.2, 0) is 0 Å². The number of aromatic amines is 2. The van der Waals surface area contributed by atoms with Crippen LogP contribution in [-0.4, -0.2) is 33.5 Å². The van der Waals surface area contributed by atoms with Gasteiger partial charge in [0.2, 0.25) is 0 Å². The number of benzene rings is 1. The molecular weight excluding hydrogens is 468 g/mol. The molecule has 6 heteroatoms. The minimum atomic E-state index is 0.335. The summed E-state index contributed by atoms with van der Waals surface area (Å²) in [7, 11) is 2.04. The zero-order chi connectivity index (χ0) is 25.6. The second-order valence-corrected chi connectivity index (χ2v) is 12.5. The molecule has 202 valence electrons. The van der Waals surface area contributed by atoms with E-state index in [2.05, 4.69) is 52.1 Å². The summed E-state index contributed by atoms with van der Waals surface area (Å²) in [6.45, 7) is 3.35. The number of hydrogen-bond donors (Lipinski definition) is 4. The second-order valence-electron chi connectivity index (χ2n) is 12.5. The first-order chi connectivity index (χ1) is 18.7. The van der Waals surface area contributed by atoms with Gasteiger partial charge in [-0.1, -0.05) is 25.5 Å². The van der Waals surface area contributed by atoms with Gasteiger partial charge in [-0.15, -0.1) is 0 Å². The Bertz CT molecular complexity index is 1260. The standard InChI is InChI=1S/C32H44N6/c1-3-5-25(33-2)31-35-17-27(37-31)20-9-7-19(8-10-20)23-13-14-24(30-22-12-11-21(16-22)29(23)30)28-18-36-32(38-28)26-6-4-15-34-26/h13-14,17-22,25-26,33-34H,3-12,15-16H2,1-2H3,(H,35,37)(H,36,38)/t19?,20?,21?,22?,25?,26-/m0/s1. The molecule has 4 aliphatic rings. The molecule has 7 rings (SSSR count). The third kappa shape index (κ3) is 4.24. The molecule has 6 nitrogen and oxygen atoms in total. The lowest BCUT2D eigenvalue weighted by atomic mass is 9.73. The topological polar surface area (TPSA) is 81.4 Å². The van der Waals surface area contributed by atoms with Gasteiger partial charge < -0.3 is 20.6 Å². The van der Waals surface area contributed by atoms with Gasteiger partial charge >= 0.3 is 0 Å². The first-order valence-electron chi connectivity index (χ1n) is 15.4. The molecule has 3 aromatic rings. The van der Waals surface area contributed by atoms with E-state index in [0.29, 0.717) is 23.9 Å². The summed E-state index contributed by atoms with van der Waals surface area (Å²) in [4.78, 5) is 17.0. The molecule has 2 bridgehead atoms. The Morgan fingerprint density at radius 2 is 1.68 bits per heavy atom. The van der Waals surface area contributed by atoms with Gasteiger partial charge in [-0.3, -0.25) is 0 Å². The van der Waals surface area contributed by atoms with Crippen molar-refractivity contribution in [2.45, 2.75) is 113 Å². The Balaban J connectivity index is 1.11. The van der Waals surface area contributed by atoms with Crippen molar-refractivity contribution in [3.8, 4) is 11.3 Å². The van der Waals surface area contributed by atoms with E-state index < -0.39 is 0 Å². The van der Waals surface area contributed by atoms with E-state index >= 15 is 0 Å². The molecule has 0 spiro atoms. The fourth-order valence-corrected chi connectivity index (χ4v) is 8.37. The van der Waals surface area contributed by atoms with Gasteiger partial charge in [0.05, 0.1) is 24.0 Å². The molecule has 1 aromatic carbocycles. The van der Waals surface area contributed by atoms with E-state index in [1.54, 1.807) is 16.7 Å². The summed E-state index contributed by atoms with van der Waals surface area (Å²) in [6, 6.07) is 5.67. The van der Waals surface area contributed by atoms with Crippen LogP contribution in [0.5, 0.6) is 0 Å². The van der Waals surface area contributed by atoms with Crippen LogP contribution in [0.4, 0.5) is 0 Å². The number of H-pyrrole nitrogens is 2. The monoisotopic (exact) mass is 512 g/mol. The van der Waals surface area contributed by atoms with E-state index in [9.17, 15) is 0 Å². The van der Waals surface area contributed by atoms with Crippen molar-refractivity contribution in [1.82, 2.24) is 30.6 Å². The van der Waals surface area contributed by atoms with Crippen LogP contribution in [0.3, 0.4) is 0 Å². The Morgan fingerprint density at radius 1 is 0.895 bits per heavy atom. The Labute approximate surface area is 227 Å². The lowest BCUT2D eigenvalue weighted by Crippen LogP contribution is -2.18. The maximum Gasteiger partial charge on any atom is 0.123 e. The molecule has 0 amide bonds. The molecule has 3 heterocycles. The van der Waals surface area contributed by atoms with Gasteiger partial charge in [-0.05, 0) is 112 Å². The molecule has 1 saturated heterocycles. The van der Waals surface area contributed by atoms with Crippen LogP contribution in [0.25, 0.3) is 11.3 Å². The summed E-state index contributed by atoms with van der Waals surface area (Å²) in [6.07, 6.45) is 18.1. The quantitative estimate of drug-likeness (QED) is 0.260. The maximum absolute atomic E-state index is 4.81. The van der Waals surface area contributed by atoms with Crippen molar-refractivity contribution in [3.05, 3.63) is 58.6 Å². The zero-order valence-corrected chi connectivity index (χ0v) is 23.2. The number of fused-ring (bicyclic) bond motifs is 5. The zero-order valence-electron chi connectivity index (χ0n) is 23.2. The van der Waals surface area contributed by atoms with E-state index in [1.807, 2.05) is 7.05 Å². The summed E-state index contributed by atoms with van der Waals surface area (Å²) >= 11 is 0. The number of nitrogens with one attached hydrogen (secondary N) is 4. The fourth-order valence-electron chi connectivity index (χ4n) is 8.37. The molecular formula is C32H44N6. The van der Waals surface area contributed by atoms with Gasteiger partial charge in [-0.25, -0.2) is 9.97 Å². The van der Waals surface area contributed by atoms with Gasteiger partial charge in [-0.2, -0.15) is 0 Å². The van der Waals surface area contributed by atoms with Crippen molar-refractivity contribution in [3.63, 3.8) is 0 Å². The van der Waals surface area contributed by atoms with E-state index in [1.165, 1.54) is 74.7 Å². The number of hydrogen-bond acceptors (Lipinski definition) is 4. The Morgan fingerprint density at radius 3 is 2.45 bits per heavy atom. The molecule has 3 fully saturated rings. The smallest absolute Gasteiger partial charge is 0.123 e. The highest BCUT2D eigenvalue weighted by molar-refractivity contribution is 5.70. The third-order valence-corrected chi connectivity index (χ3v) is 10.3. The molecule has 2 aromatic heterocycles. The minimum Gasteiger partial charge on any atom is -0.344 e. The van der Waals surface area contributed by atoms with Gasteiger partial charge in [0, 0.05) is 23.4 Å². The summed E-state index contributed by atoms with van der Waals surface area (Å²) in [5.74, 6) is 5.05. The van der Waals surface area contributed by atoms with E-state index in [4.69, 9.17) is 9.97 Å². The molecule has 38 heavy (non-hydrogen) atoms. The summed E-state index contributed by atoms with van der Waals surface area (Å²) in [5, 5.41) is 7.03. The molecule has 4 atom stereocenters. The van der Waals surface area contributed by atoms with E-state index in [-0.39, 0.29) is 0 Å². The highest BCUT2D eigenvalue weighted by Gasteiger charge is 2.42. The molecule has 1 aliphatic heterocycles. The predicted molar refractivity (Wildman–Crippen MR) is 153 cm³/mol. The van der Waals surface area contributed by atoms with Crippen LogP contribution < -0.4 is 10.6 Å². The van der Waals surface area contributed by atoms with Crippen LogP contribution >= 0.6 is 0 Å². The highest BCUT2D eigenvalue weighted by Crippen LogP contribution is 2.58. The largest absolute Gasteiger partial charge is 0.344 e. The number of nitrogens with zero attached hydrogens (tertiary/aromatic N) is 2. The highest BCUT2D eigenvalue weighted by atomic mass is 15.0. The van der Waals surface area contributed by atoms with Gasteiger partial charge in [0.1, 0.15) is 11.6 Å². The fraction of sp³-hybridized carbons (Fsp3) is 0.625. The van der Waals surface area contributed by atoms with Gasteiger partial charge in [0.25, 0.3) is 0 Å². The summed E-state index contributed by atoms with van der Waals surface area (Å²) < 4.78 is 0. The molecule has 3 aliphatic carbocycles. The second kappa shape index (κ2) is 10.3. The Hall–Kier alpha value is -2.44. The number of aromatic nitrogens is 4. The van der Waals surface area contributed by atoms with Gasteiger partial charge in [0.15, 0.2) is 0 Å². The average molecular weight is 513 g/mol. The predicted octanol–water partition coefficient (Wildman–Crippen LogP) is 7.09. The first kappa shape index (κ1) is 24.6. The number of rotatable bonds is 8. The van der Waals surface area contributed by atoms with Crippen LogP contribution in [0.2, 0.25) is 0 Å². The van der Waals surface area contributed by atoms with Crippen molar-refractivity contribution >= 4 is 0 Å². The van der Waals surface area contributed by atoms with E-state index in [0.717, 1.165) is 42.9 Å². The van der Waals surface area contributed by atoms with Crippen molar-refractivity contribution in [1.29, 1.82) is 0 Å². The molecule has 4 N–H and O–H groups in total. The molecule has 3 unspecified atom stereocenters. The Kier molecular flexibility index (Phi) is 6.65.